The fourth-order valence-electron chi connectivity index (χ4n) is 5.70. The Bertz CT molecular complexity index is 938. The molecule has 0 N–H and O–H groups in total. The van der Waals surface area contributed by atoms with Gasteiger partial charge in [-0.15, -0.1) is 0 Å². The van der Waals surface area contributed by atoms with Crippen LogP contribution in [-0.2, 0) is 11.2 Å². The number of likely N-dealkylation sites (tertiary alicyclic amines) is 1. The van der Waals surface area contributed by atoms with Crippen LogP contribution < -0.4 is 4.90 Å². The summed E-state index contributed by atoms with van der Waals surface area (Å²) >= 11 is 0. The van der Waals surface area contributed by atoms with Crippen LogP contribution in [0.15, 0.2) is 48.5 Å². The lowest BCUT2D eigenvalue weighted by atomic mass is 9.84. The van der Waals surface area contributed by atoms with E-state index in [2.05, 4.69) is 24.3 Å². The number of fused-ring (bicyclic) bond motifs is 1. The maximum atomic E-state index is 13.1. The summed E-state index contributed by atoms with van der Waals surface area (Å²) in [7, 11) is 0. The minimum atomic E-state index is 0.124. The van der Waals surface area contributed by atoms with Gasteiger partial charge in [-0.1, -0.05) is 49.6 Å². The Kier molecular flexibility index (Phi) is 5.80. The Hall–Kier alpha value is -2.62. The molecular weight excluding hydrogens is 384 g/mol. The van der Waals surface area contributed by atoms with E-state index in [0.29, 0.717) is 25.4 Å². The quantitative estimate of drug-likeness (QED) is 0.680. The number of amides is 2. The number of anilines is 1. The number of benzene rings is 2. The van der Waals surface area contributed by atoms with Crippen LogP contribution in [0.5, 0.6) is 0 Å². The highest BCUT2D eigenvalue weighted by Crippen LogP contribution is 2.34. The number of aryl methyl sites for hydroxylation is 1. The van der Waals surface area contributed by atoms with Crippen molar-refractivity contribution in [1.29, 1.82) is 0 Å². The lowest BCUT2D eigenvalue weighted by Gasteiger charge is -2.41. The van der Waals surface area contributed by atoms with Crippen molar-refractivity contribution in [2.75, 3.05) is 18.0 Å². The van der Waals surface area contributed by atoms with Crippen LogP contribution in [0.3, 0.4) is 0 Å². The van der Waals surface area contributed by atoms with Gasteiger partial charge in [0.1, 0.15) is 0 Å². The molecule has 4 nitrogen and oxygen atoms in total. The van der Waals surface area contributed by atoms with Crippen molar-refractivity contribution in [3.05, 3.63) is 65.2 Å². The molecule has 2 aromatic rings. The van der Waals surface area contributed by atoms with Gasteiger partial charge in [-0.25, -0.2) is 0 Å². The predicted molar refractivity (Wildman–Crippen MR) is 123 cm³/mol. The highest BCUT2D eigenvalue weighted by atomic mass is 16.2. The maximum Gasteiger partial charge on any atom is 0.253 e. The molecule has 2 fully saturated rings. The molecule has 2 amide bonds. The molecule has 0 bridgehead atoms. The fourth-order valence-corrected chi connectivity index (χ4v) is 5.70. The van der Waals surface area contributed by atoms with Gasteiger partial charge in [0.15, 0.2) is 0 Å². The van der Waals surface area contributed by atoms with Gasteiger partial charge in [-0.05, 0) is 67.3 Å². The summed E-state index contributed by atoms with van der Waals surface area (Å²) in [6, 6.07) is 16.8. The first-order chi connectivity index (χ1) is 15.2. The predicted octanol–water partition coefficient (Wildman–Crippen LogP) is 5.32. The molecule has 0 atom stereocenters. The molecule has 5 rings (SSSR count). The Morgan fingerprint density at radius 3 is 2.26 bits per heavy atom. The molecule has 0 spiro atoms. The number of piperidine rings is 1. The van der Waals surface area contributed by atoms with Crippen molar-refractivity contribution in [2.24, 2.45) is 0 Å². The summed E-state index contributed by atoms with van der Waals surface area (Å²) in [4.78, 5) is 29.8. The molecular formula is C27H32N2O2. The van der Waals surface area contributed by atoms with Crippen LogP contribution in [0.1, 0.15) is 78.8 Å². The van der Waals surface area contributed by atoms with Gasteiger partial charge in [0.05, 0.1) is 0 Å². The van der Waals surface area contributed by atoms with E-state index in [4.69, 9.17) is 0 Å². The number of hydrogen-bond donors (Lipinski definition) is 0. The second-order valence-electron chi connectivity index (χ2n) is 9.37. The zero-order valence-corrected chi connectivity index (χ0v) is 18.3. The monoisotopic (exact) mass is 416 g/mol. The van der Waals surface area contributed by atoms with Gasteiger partial charge >= 0.3 is 0 Å². The van der Waals surface area contributed by atoms with Crippen molar-refractivity contribution < 1.29 is 9.59 Å². The summed E-state index contributed by atoms with van der Waals surface area (Å²) in [5, 5.41) is 0. The lowest BCUT2D eigenvalue weighted by molar-refractivity contribution is -0.119. The SMILES string of the molecule is O=C(c1ccc(C2CCCCC2)cc1)N1CCC(N2C(=O)CCc3ccccc32)CC1. The Labute approximate surface area is 185 Å². The topological polar surface area (TPSA) is 40.6 Å². The second kappa shape index (κ2) is 8.86. The third kappa shape index (κ3) is 4.13. The first kappa shape index (κ1) is 20.3. The molecule has 1 saturated heterocycles. The van der Waals surface area contributed by atoms with Gasteiger partial charge in [0, 0.05) is 36.8 Å². The summed E-state index contributed by atoms with van der Waals surface area (Å²) in [6.07, 6.45) is 9.66. The molecule has 0 unspecified atom stereocenters. The van der Waals surface area contributed by atoms with Crippen molar-refractivity contribution in [1.82, 2.24) is 4.90 Å². The third-order valence-corrected chi connectivity index (χ3v) is 7.48. The summed E-state index contributed by atoms with van der Waals surface area (Å²) in [5.41, 5.74) is 4.51. The highest BCUT2D eigenvalue weighted by molar-refractivity contribution is 5.97. The molecule has 31 heavy (non-hydrogen) atoms. The van der Waals surface area contributed by atoms with Gasteiger partial charge in [0.25, 0.3) is 5.91 Å². The smallest absolute Gasteiger partial charge is 0.253 e. The van der Waals surface area contributed by atoms with E-state index in [1.165, 1.54) is 43.2 Å². The Balaban J connectivity index is 1.22. The molecule has 1 saturated carbocycles. The van der Waals surface area contributed by atoms with E-state index in [9.17, 15) is 9.59 Å². The molecule has 2 aliphatic heterocycles. The number of para-hydroxylation sites is 1. The molecule has 162 valence electrons. The molecule has 2 aromatic carbocycles. The van der Waals surface area contributed by atoms with Crippen molar-refractivity contribution in [3.63, 3.8) is 0 Å². The number of rotatable bonds is 3. The highest BCUT2D eigenvalue weighted by Gasteiger charge is 2.33. The van der Waals surface area contributed by atoms with E-state index in [0.717, 1.165) is 30.5 Å². The Morgan fingerprint density at radius 2 is 1.52 bits per heavy atom. The van der Waals surface area contributed by atoms with Gasteiger partial charge in [0.2, 0.25) is 5.91 Å². The van der Waals surface area contributed by atoms with Crippen LogP contribution in [0.4, 0.5) is 5.69 Å². The fraction of sp³-hybridized carbons (Fsp3) is 0.481. The normalized spacial score (nSPS) is 20.6. The summed E-state index contributed by atoms with van der Waals surface area (Å²) in [5.74, 6) is 1.01. The van der Waals surface area contributed by atoms with Crippen LogP contribution in [0.2, 0.25) is 0 Å². The summed E-state index contributed by atoms with van der Waals surface area (Å²) in [6.45, 7) is 1.42. The molecule has 0 aromatic heterocycles. The van der Waals surface area contributed by atoms with E-state index >= 15 is 0 Å². The number of carbonyl (C=O) groups is 2. The number of nitrogens with zero attached hydrogens (tertiary/aromatic N) is 2. The van der Waals surface area contributed by atoms with Gasteiger partial charge in [-0.2, -0.15) is 0 Å². The van der Waals surface area contributed by atoms with E-state index in [-0.39, 0.29) is 17.9 Å². The lowest BCUT2D eigenvalue weighted by Crippen LogP contribution is -2.50. The molecule has 3 aliphatic rings. The van der Waals surface area contributed by atoms with Crippen molar-refractivity contribution >= 4 is 17.5 Å². The van der Waals surface area contributed by atoms with Gasteiger partial charge in [-0.3, -0.25) is 9.59 Å². The zero-order valence-electron chi connectivity index (χ0n) is 18.3. The van der Waals surface area contributed by atoms with Crippen LogP contribution in [0, 0.1) is 0 Å². The maximum absolute atomic E-state index is 13.1. The minimum Gasteiger partial charge on any atom is -0.338 e. The molecule has 0 radical (unpaired) electrons. The van der Waals surface area contributed by atoms with E-state index in [1.807, 2.05) is 34.1 Å². The first-order valence-corrected chi connectivity index (χ1v) is 12.0. The standard InChI is InChI=1S/C27H32N2O2/c30-26-15-14-22-8-4-5-9-25(22)29(26)24-16-18-28(19-17-24)27(31)23-12-10-21(11-13-23)20-6-2-1-3-7-20/h4-5,8-13,20,24H,1-3,6-7,14-19H2. The van der Waals surface area contributed by atoms with Crippen LogP contribution in [0.25, 0.3) is 0 Å². The second-order valence-corrected chi connectivity index (χ2v) is 9.37. The third-order valence-electron chi connectivity index (χ3n) is 7.48. The zero-order chi connectivity index (χ0) is 21.2. The number of hydrogen-bond acceptors (Lipinski definition) is 2. The van der Waals surface area contributed by atoms with E-state index < -0.39 is 0 Å². The van der Waals surface area contributed by atoms with Crippen LogP contribution in [-0.4, -0.2) is 35.8 Å². The average molecular weight is 417 g/mol. The largest absolute Gasteiger partial charge is 0.338 e. The molecule has 4 heteroatoms. The summed E-state index contributed by atoms with van der Waals surface area (Å²) < 4.78 is 0. The average Bonchev–Trinajstić information content (AvgIpc) is 2.84. The molecule has 2 heterocycles. The minimum absolute atomic E-state index is 0.124. The van der Waals surface area contributed by atoms with Crippen molar-refractivity contribution in [3.8, 4) is 0 Å². The number of carbonyl (C=O) groups excluding carboxylic acids is 2. The first-order valence-electron chi connectivity index (χ1n) is 12.0. The van der Waals surface area contributed by atoms with Crippen LogP contribution >= 0.6 is 0 Å². The van der Waals surface area contributed by atoms with Gasteiger partial charge < -0.3 is 9.80 Å². The van der Waals surface area contributed by atoms with E-state index in [1.54, 1.807) is 0 Å². The Morgan fingerprint density at radius 1 is 0.806 bits per heavy atom. The molecule has 1 aliphatic carbocycles. The van der Waals surface area contributed by atoms with Crippen molar-refractivity contribution in [2.45, 2.75) is 69.7 Å².